The second-order valence-electron chi connectivity index (χ2n) is 5.85. The molecule has 110 valence electrons. The SMILES string of the molecule is CC(Sc1ccc(Cl)cc1)C(=O)NC1CC(O)C1(C)C. The van der Waals surface area contributed by atoms with Gasteiger partial charge in [-0.25, -0.2) is 0 Å². The van der Waals surface area contributed by atoms with E-state index in [0.29, 0.717) is 11.4 Å². The molecule has 0 spiro atoms. The Morgan fingerprint density at radius 3 is 2.55 bits per heavy atom. The summed E-state index contributed by atoms with van der Waals surface area (Å²) in [5, 5.41) is 13.2. The number of hydrogen-bond donors (Lipinski definition) is 2. The van der Waals surface area contributed by atoms with Crippen molar-refractivity contribution in [3.63, 3.8) is 0 Å². The third-order valence-corrected chi connectivity index (χ3v) is 5.39. The number of aliphatic hydroxyl groups is 1. The van der Waals surface area contributed by atoms with Crippen LogP contribution in [-0.4, -0.2) is 28.4 Å². The average Bonchev–Trinajstić information content (AvgIpc) is 2.40. The highest BCUT2D eigenvalue weighted by Gasteiger charge is 2.48. The molecular weight excluding hydrogens is 294 g/mol. The van der Waals surface area contributed by atoms with E-state index in [-0.39, 0.29) is 28.7 Å². The third kappa shape index (κ3) is 3.30. The number of rotatable bonds is 4. The molecule has 0 aromatic heterocycles. The number of halogens is 1. The van der Waals surface area contributed by atoms with Gasteiger partial charge in [0.1, 0.15) is 0 Å². The number of nitrogens with one attached hydrogen (secondary N) is 1. The van der Waals surface area contributed by atoms with Gasteiger partial charge in [-0.3, -0.25) is 4.79 Å². The second-order valence-corrected chi connectivity index (χ2v) is 7.70. The fraction of sp³-hybridized carbons (Fsp3) is 0.533. The van der Waals surface area contributed by atoms with Gasteiger partial charge in [0.15, 0.2) is 0 Å². The van der Waals surface area contributed by atoms with E-state index in [1.807, 2.05) is 45.0 Å². The lowest BCUT2D eigenvalue weighted by Gasteiger charge is -2.49. The summed E-state index contributed by atoms with van der Waals surface area (Å²) in [6.45, 7) is 5.84. The average molecular weight is 314 g/mol. The Balaban J connectivity index is 1.88. The van der Waals surface area contributed by atoms with Crippen LogP contribution < -0.4 is 5.32 Å². The standard InChI is InChI=1S/C15H20ClNO2S/c1-9(20-11-6-4-10(16)5-7-11)14(19)17-12-8-13(18)15(12,2)3/h4-7,9,12-13,18H,8H2,1-3H3,(H,17,19). The quantitative estimate of drug-likeness (QED) is 0.840. The first kappa shape index (κ1) is 15.7. The number of aliphatic hydroxyl groups excluding tert-OH is 1. The van der Waals surface area contributed by atoms with Crippen molar-refractivity contribution in [2.24, 2.45) is 5.41 Å². The van der Waals surface area contributed by atoms with Crippen molar-refractivity contribution in [1.82, 2.24) is 5.32 Å². The number of carbonyl (C=O) groups excluding carboxylic acids is 1. The minimum absolute atomic E-state index is 0.00919. The van der Waals surface area contributed by atoms with Gasteiger partial charge in [-0.15, -0.1) is 11.8 Å². The van der Waals surface area contributed by atoms with Crippen LogP contribution in [0.4, 0.5) is 0 Å². The third-order valence-electron chi connectivity index (χ3n) is 4.03. The monoisotopic (exact) mass is 313 g/mol. The molecule has 5 heteroatoms. The Bertz CT molecular complexity index is 489. The molecular formula is C15H20ClNO2S. The first-order valence-corrected chi connectivity index (χ1v) is 7.97. The maximum atomic E-state index is 12.2. The smallest absolute Gasteiger partial charge is 0.233 e. The zero-order valence-corrected chi connectivity index (χ0v) is 13.5. The van der Waals surface area contributed by atoms with E-state index >= 15 is 0 Å². The highest BCUT2D eigenvalue weighted by Crippen LogP contribution is 2.40. The predicted octanol–water partition coefficient (Wildman–Crippen LogP) is 3.10. The van der Waals surface area contributed by atoms with Gasteiger partial charge in [-0.2, -0.15) is 0 Å². The van der Waals surface area contributed by atoms with Crippen LogP contribution in [0.3, 0.4) is 0 Å². The Kier molecular flexibility index (Phi) is 4.67. The van der Waals surface area contributed by atoms with Crippen LogP contribution in [0.5, 0.6) is 0 Å². The lowest BCUT2D eigenvalue weighted by atomic mass is 9.64. The number of benzene rings is 1. The van der Waals surface area contributed by atoms with E-state index in [9.17, 15) is 9.90 Å². The molecule has 0 radical (unpaired) electrons. The van der Waals surface area contributed by atoms with Gasteiger partial charge in [0.2, 0.25) is 5.91 Å². The molecule has 1 saturated carbocycles. The van der Waals surface area contributed by atoms with Gasteiger partial charge >= 0.3 is 0 Å². The van der Waals surface area contributed by atoms with E-state index in [4.69, 9.17) is 11.6 Å². The molecule has 1 aromatic carbocycles. The van der Waals surface area contributed by atoms with Gasteiger partial charge in [0, 0.05) is 21.4 Å². The lowest BCUT2D eigenvalue weighted by molar-refractivity contribution is -0.128. The number of thioether (sulfide) groups is 1. The van der Waals surface area contributed by atoms with Gasteiger partial charge in [0.05, 0.1) is 11.4 Å². The molecule has 3 nitrogen and oxygen atoms in total. The molecule has 1 fully saturated rings. The first-order valence-electron chi connectivity index (χ1n) is 6.71. The van der Waals surface area contributed by atoms with Gasteiger partial charge in [-0.1, -0.05) is 25.4 Å². The highest BCUT2D eigenvalue weighted by molar-refractivity contribution is 8.00. The van der Waals surface area contributed by atoms with Crippen LogP contribution >= 0.6 is 23.4 Å². The van der Waals surface area contributed by atoms with Crippen LogP contribution in [0, 0.1) is 5.41 Å². The van der Waals surface area contributed by atoms with Gasteiger partial charge < -0.3 is 10.4 Å². The normalized spacial score (nSPS) is 25.6. The van der Waals surface area contributed by atoms with E-state index < -0.39 is 0 Å². The van der Waals surface area contributed by atoms with Crippen molar-refractivity contribution >= 4 is 29.3 Å². The molecule has 0 bridgehead atoms. The van der Waals surface area contributed by atoms with Crippen molar-refractivity contribution in [3.05, 3.63) is 29.3 Å². The van der Waals surface area contributed by atoms with Gasteiger partial charge in [-0.05, 0) is 37.6 Å². The Hall–Kier alpha value is -0.710. The molecule has 1 aliphatic rings. The summed E-state index contributed by atoms with van der Waals surface area (Å²) >= 11 is 7.34. The maximum absolute atomic E-state index is 12.2. The molecule has 20 heavy (non-hydrogen) atoms. The van der Waals surface area contributed by atoms with Gasteiger partial charge in [0.25, 0.3) is 0 Å². The van der Waals surface area contributed by atoms with E-state index in [1.165, 1.54) is 11.8 Å². The molecule has 3 unspecified atom stereocenters. The summed E-state index contributed by atoms with van der Waals surface area (Å²) in [4.78, 5) is 13.2. The minimum atomic E-state index is -0.327. The maximum Gasteiger partial charge on any atom is 0.233 e. The molecule has 1 aromatic rings. The fourth-order valence-corrected chi connectivity index (χ4v) is 3.21. The van der Waals surface area contributed by atoms with Crippen molar-refractivity contribution in [3.8, 4) is 0 Å². The Morgan fingerprint density at radius 1 is 1.45 bits per heavy atom. The van der Waals surface area contributed by atoms with Crippen LogP contribution in [0.1, 0.15) is 27.2 Å². The Labute approximate surface area is 129 Å². The number of carbonyl (C=O) groups is 1. The highest BCUT2D eigenvalue weighted by atomic mass is 35.5. The molecule has 1 aliphatic carbocycles. The Morgan fingerprint density at radius 2 is 2.05 bits per heavy atom. The van der Waals surface area contributed by atoms with Crippen molar-refractivity contribution in [2.45, 2.75) is 49.5 Å². The zero-order valence-electron chi connectivity index (χ0n) is 11.9. The molecule has 0 saturated heterocycles. The predicted molar refractivity (Wildman–Crippen MR) is 83.1 cm³/mol. The minimum Gasteiger partial charge on any atom is -0.392 e. The van der Waals surface area contributed by atoms with Crippen molar-refractivity contribution < 1.29 is 9.90 Å². The summed E-state index contributed by atoms with van der Waals surface area (Å²) in [6, 6.07) is 7.51. The van der Waals surface area contributed by atoms with Crippen LogP contribution in [0.2, 0.25) is 5.02 Å². The topological polar surface area (TPSA) is 49.3 Å². The second kappa shape index (κ2) is 5.96. The molecule has 3 atom stereocenters. The van der Waals surface area contributed by atoms with Crippen molar-refractivity contribution in [2.75, 3.05) is 0 Å². The molecule has 2 N–H and O–H groups in total. The number of amides is 1. The van der Waals surface area contributed by atoms with Crippen molar-refractivity contribution in [1.29, 1.82) is 0 Å². The molecule has 0 aliphatic heterocycles. The summed E-state index contributed by atoms with van der Waals surface area (Å²) in [7, 11) is 0. The fourth-order valence-electron chi connectivity index (χ4n) is 2.21. The van der Waals surface area contributed by atoms with Crippen LogP contribution in [-0.2, 0) is 4.79 Å². The summed E-state index contributed by atoms with van der Waals surface area (Å²) in [6.07, 6.45) is 0.309. The van der Waals surface area contributed by atoms with Crippen LogP contribution in [0.15, 0.2) is 29.2 Å². The molecule has 2 rings (SSSR count). The van der Waals surface area contributed by atoms with E-state index in [2.05, 4.69) is 5.32 Å². The summed E-state index contributed by atoms with van der Waals surface area (Å²) < 4.78 is 0. The summed E-state index contributed by atoms with van der Waals surface area (Å²) in [5.41, 5.74) is -0.236. The largest absolute Gasteiger partial charge is 0.392 e. The number of hydrogen-bond acceptors (Lipinski definition) is 3. The van der Waals surface area contributed by atoms with E-state index in [1.54, 1.807) is 0 Å². The van der Waals surface area contributed by atoms with Crippen LogP contribution in [0.25, 0.3) is 0 Å². The lowest BCUT2D eigenvalue weighted by Crippen LogP contribution is -2.62. The zero-order chi connectivity index (χ0) is 14.9. The first-order chi connectivity index (χ1) is 9.30. The summed E-state index contributed by atoms with van der Waals surface area (Å²) in [5.74, 6) is 0.00919. The van der Waals surface area contributed by atoms with E-state index in [0.717, 1.165) is 4.90 Å². The molecule has 1 amide bonds. The molecule has 0 heterocycles.